The van der Waals surface area contributed by atoms with E-state index in [-0.39, 0.29) is 5.60 Å². The summed E-state index contributed by atoms with van der Waals surface area (Å²) < 4.78 is 5.98. The van der Waals surface area contributed by atoms with Gasteiger partial charge >= 0.3 is 0 Å². The molecule has 2 nitrogen and oxygen atoms in total. The molecule has 0 aliphatic carbocycles. The normalized spacial score (nSPS) is 19.8. The number of benzene rings is 1. The summed E-state index contributed by atoms with van der Waals surface area (Å²) in [5.74, 6) is 1.72. The van der Waals surface area contributed by atoms with Gasteiger partial charge in [-0.1, -0.05) is 39.8 Å². The Kier molecular flexibility index (Phi) is 4.39. The number of hydrogen-bond donors (Lipinski definition) is 1. The molecule has 0 radical (unpaired) electrons. The molecule has 2 rings (SSSR count). The zero-order valence-corrected chi connectivity index (χ0v) is 14.7. The summed E-state index contributed by atoms with van der Waals surface area (Å²) >= 11 is 0. The Bertz CT molecular complexity index is 499. The third-order valence-corrected chi connectivity index (χ3v) is 4.91. The Balaban J connectivity index is 2.17. The molecular weight excluding hydrogens is 258 g/mol. The molecule has 1 aliphatic rings. The first-order valence-electron chi connectivity index (χ1n) is 8.11. The van der Waals surface area contributed by atoms with Gasteiger partial charge in [0.2, 0.25) is 0 Å². The van der Waals surface area contributed by atoms with E-state index >= 15 is 0 Å². The van der Waals surface area contributed by atoms with Gasteiger partial charge in [0, 0.05) is 12.5 Å². The largest absolute Gasteiger partial charge is 0.487 e. The molecule has 0 aromatic heterocycles. The molecule has 0 spiro atoms. The predicted octanol–water partition coefficient (Wildman–Crippen LogP) is 4.73. The number of nitrogens with one attached hydrogen (secondary N) is 1. The Morgan fingerprint density at radius 2 is 1.95 bits per heavy atom. The topological polar surface area (TPSA) is 21.3 Å². The molecular formula is C19H31NO. The van der Waals surface area contributed by atoms with E-state index in [0.717, 1.165) is 18.6 Å². The third-order valence-electron chi connectivity index (χ3n) is 4.91. The lowest BCUT2D eigenvalue weighted by Crippen LogP contribution is -2.25. The van der Waals surface area contributed by atoms with Crippen LogP contribution in [0.1, 0.15) is 65.1 Å². The maximum Gasteiger partial charge on any atom is 0.123 e. The van der Waals surface area contributed by atoms with Crippen LogP contribution in [0.15, 0.2) is 18.2 Å². The lowest BCUT2D eigenvalue weighted by Gasteiger charge is -2.31. The van der Waals surface area contributed by atoms with Crippen LogP contribution >= 0.6 is 0 Å². The zero-order valence-electron chi connectivity index (χ0n) is 14.7. The second-order valence-corrected chi connectivity index (χ2v) is 8.25. The van der Waals surface area contributed by atoms with Crippen LogP contribution in [0.25, 0.3) is 0 Å². The summed E-state index contributed by atoms with van der Waals surface area (Å²) in [6.45, 7) is 13.6. The van der Waals surface area contributed by atoms with Crippen molar-refractivity contribution in [3.63, 3.8) is 0 Å². The van der Waals surface area contributed by atoms with Gasteiger partial charge in [-0.3, -0.25) is 0 Å². The molecule has 0 bridgehead atoms. The highest BCUT2D eigenvalue weighted by Crippen LogP contribution is 2.38. The third kappa shape index (κ3) is 3.79. The monoisotopic (exact) mass is 289 g/mol. The summed E-state index contributed by atoms with van der Waals surface area (Å²) in [6.07, 6.45) is 2.16. The zero-order chi connectivity index (χ0) is 15.8. The number of rotatable bonds is 4. The average Bonchev–Trinajstić information content (AvgIpc) is 2.67. The molecule has 0 saturated heterocycles. The molecule has 1 heterocycles. The quantitative estimate of drug-likeness (QED) is 0.865. The van der Waals surface area contributed by atoms with Gasteiger partial charge in [-0.05, 0) is 55.8 Å². The van der Waals surface area contributed by atoms with Crippen LogP contribution in [-0.2, 0) is 6.42 Å². The van der Waals surface area contributed by atoms with E-state index in [2.05, 4.69) is 72.1 Å². The second-order valence-electron chi connectivity index (χ2n) is 8.25. The number of hydrogen-bond acceptors (Lipinski definition) is 2. The van der Waals surface area contributed by atoms with Gasteiger partial charge in [0.1, 0.15) is 11.4 Å². The van der Waals surface area contributed by atoms with Crippen molar-refractivity contribution in [2.75, 3.05) is 7.05 Å². The fraction of sp³-hybridized carbons (Fsp3) is 0.684. The summed E-state index contributed by atoms with van der Waals surface area (Å²) in [5, 5.41) is 3.49. The van der Waals surface area contributed by atoms with Gasteiger partial charge in [-0.25, -0.2) is 0 Å². The van der Waals surface area contributed by atoms with Crippen LogP contribution in [0.5, 0.6) is 5.75 Å². The Labute approximate surface area is 130 Å². The van der Waals surface area contributed by atoms with E-state index in [0.29, 0.717) is 17.4 Å². The highest BCUT2D eigenvalue weighted by molar-refractivity contribution is 5.42. The fourth-order valence-electron chi connectivity index (χ4n) is 2.97. The standard InChI is InChI=1S/C19H31NO/c1-13(18(2,3)4)10-16(20-7)14-8-9-17-15(11-14)12-19(5,6)21-17/h8-9,11,13,16,20H,10,12H2,1-7H3. The first kappa shape index (κ1) is 16.4. The molecule has 118 valence electrons. The summed E-state index contributed by atoms with van der Waals surface area (Å²) in [4.78, 5) is 0. The van der Waals surface area contributed by atoms with Gasteiger partial charge in [0.15, 0.2) is 0 Å². The van der Waals surface area contributed by atoms with Crippen LogP contribution < -0.4 is 10.1 Å². The lowest BCUT2D eigenvalue weighted by molar-refractivity contribution is 0.138. The van der Waals surface area contributed by atoms with Gasteiger partial charge in [-0.15, -0.1) is 0 Å². The minimum absolute atomic E-state index is 0.0607. The van der Waals surface area contributed by atoms with E-state index in [4.69, 9.17) is 4.74 Å². The molecule has 2 heteroatoms. The van der Waals surface area contributed by atoms with Crippen molar-refractivity contribution in [2.24, 2.45) is 11.3 Å². The van der Waals surface area contributed by atoms with E-state index < -0.39 is 0 Å². The predicted molar refractivity (Wildman–Crippen MR) is 89.9 cm³/mol. The van der Waals surface area contributed by atoms with Gasteiger partial charge < -0.3 is 10.1 Å². The van der Waals surface area contributed by atoms with Crippen molar-refractivity contribution in [2.45, 2.75) is 66.0 Å². The van der Waals surface area contributed by atoms with E-state index in [1.54, 1.807) is 0 Å². The Hall–Kier alpha value is -1.02. The average molecular weight is 289 g/mol. The first-order chi connectivity index (χ1) is 9.62. The van der Waals surface area contributed by atoms with E-state index in [9.17, 15) is 0 Å². The van der Waals surface area contributed by atoms with Crippen LogP contribution in [0.3, 0.4) is 0 Å². The maximum atomic E-state index is 5.98. The van der Waals surface area contributed by atoms with Crippen molar-refractivity contribution in [3.05, 3.63) is 29.3 Å². The molecule has 21 heavy (non-hydrogen) atoms. The van der Waals surface area contributed by atoms with Crippen LogP contribution in [-0.4, -0.2) is 12.6 Å². The smallest absolute Gasteiger partial charge is 0.123 e. The van der Waals surface area contributed by atoms with Gasteiger partial charge in [-0.2, -0.15) is 0 Å². The Morgan fingerprint density at radius 3 is 2.52 bits per heavy atom. The minimum atomic E-state index is -0.0607. The molecule has 1 N–H and O–H groups in total. The first-order valence-corrected chi connectivity index (χ1v) is 8.11. The van der Waals surface area contributed by atoms with Crippen molar-refractivity contribution >= 4 is 0 Å². The minimum Gasteiger partial charge on any atom is -0.487 e. The van der Waals surface area contributed by atoms with Crippen LogP contribution in [0.4, 0.5) is 0 Å². The Morgan fingerprint density at radius 1 is 1.29 bits per heavy atom. The van der Waals surface area contributed by atoms with Crippen molar-refractivity contribution in [3.8, 4) is 5.75 Å². The second kappa shape index (κ2) is 5.64. The van der Waals surface area contributed by atoms with Crippen molar-refractivity contribution in [1.29, 1.82) is 0 Å². The van der Waals surface area contributed by atoms with Crippen LogP contribution in [0.2, 0.25) is 0 Å². The molecule has 0 amide bonds. The van der Waals surface area contributed by atoms with E-state index in [1.807, 2.05) is 0 Å². The maximum absolute atomic E-state index is 5.98. The molecule has 2 atom stereocenters. The molecule has 0 saturated carbocycles. The van der Waals surface area contributed by atoms with Crippen molar-refractivity contribution in [1.82, 2.24) is 5.32 Å². The molecule has 1 aromatic rings. The summed E-state index contributed by atoms with van der Waals surface area (Å²) in [7, 11) is 2.06. The number of ether oxygens (including phenoxy) is 1. The van der Waals surface area contributed by atoms with Crippen LogP contribution in [0, 0.1) is 11.3 Å². The summed E-state index contributed by atoms with van der Waals surface area (Å²) in [6, 6.07) is 7.11. The molecule has 2 unspecified atom stereocenters. The fourth-order valence-corrected chi connectivity index (χ4v) is 2.97. The van der Waals surface area contributed by atoms with Crippen molar-refractivity contribution < 1.29 is 4.74 Å². The van der Waals surface area contributed by atoms with E-state index in [1.165, 1.54) is 11.1 Å². The van der Waals surface area contributed by atoms with Gasteiger partial charge in [0.25, 0.3) is 0 Å². The lowest BCUT2D eigenvalue weighted by atomic mass is 9.77. The highest BCUT2D eigenvalue weighted by atomic mass is 16.5. The summed E-state index contributed by atoms with van der Waals surface area (Å²) in [5.41, 5.74) is 3.01. The van der Waals surface area contributed by atoms with Gasteiger partial charge in [0.05, 0.1) is 0 Å². The highest BCUT2D eigenvalue weighted by Gasteiger charge is 2.31. The molecule has 1 aromatic carbocycles. The SMILES string of the molecule is CNC(CC(C)C(C)(C)C)c1ccc2c(c1)CC(C)(C)O2. The molecule has 1 aliphatic heterocycles. The molecule has 0 fully saturated rings. The number of fused-ring (bicyclic) bond motifs is 1.